The Morgan fingerprint density at radius 1 is 1.32 bits per heavy atom. The van der Waals surface area contributed by atoms with E-state index in [1.807, 2.05) is 29.9 Å². The summed E-state index contributed by atoms with van der Waals surface area (Å²) in [6.07, 6.45) is 3.67. The van der Waals surface area contributed by atoms with Crippen LogP contribution in [0.25, 0.3) is 11.0 Å². The highest BCUT2D eigenvalue weighted by atomic mass is 35.5. The molecule has 0 bridgehead atoms. The van der Waals surface area contributed by atoms with Crippen molar-refractivity contribution in [1.29, 1.82) is 0 Å². The molecule has 1 fully saturated rings. The summed E-state index contributed by atoms with van der Waals surface area (Å²) < 4.78 is 13.3. The molecule has 0 unspecified atom stereocenters. The molecule has 170 valence electrons. The first kappa shape index (κ1) is 24.3. The first-order valence-electron chi connectivity index (χ1n) is 10.6. The normalized spacial score (nSPS) is 15.7. The minimum atomic E-state index is -1.20. The highest BCUT2D eigenvalue weighted by Gasteiger charge is 2.21. The van der Waals surface area contributed by atoms with Crippen molar-refractivity contribution in [2.75, 3.05) is 39.2 Å². The molecule has 2 aromatic rings. The third-order valence-corrected chi connectivity index (χ3v) is 8.16. The van der Waals surface area contributed by atoms with Gasteiger partial charge in [0.15, 0.2) is 5.82 Å². The second-order valence-electron chi connectivity index (χ2n) is 8.95. The predicted molar refractivity (Wildman–Crippen MR) is 132 cm³/mol. The summed E-state index contributed by atoms with van der Waals surface area (Å²) in [5.74, 6) is 0.249. The number of allylic oxidation sites excluding steroid dienone is 1. The molecule has 0 spiro atoms. The van der Waals surface area contributed by atoms with E-state index >= 15 is 0 Å². The van der Waals surface area contributed by atoms with Crippen molar-refractivity contribution in [3.05, 3.63) is 39.6 Å². The standard InChI is InChI=1S/C22H32ClN3O3SSi/c1-16-12-18-19(13-17(16)23)26(15-29-10-11-31(3,4)5)22(24-18)20(27)14-21(30-2)25-6-8-28-9-7-25/h12-14H,6-11,15H2,1-5H3/b21-14+. The van der Waals surface area contributed by atoms with Gasteiger partial charge >= 0.3 is 0 Å². The van der Waals surface area contributed by atoms with Gasteiger partial charge in [-0.15, -0.1) is 11.8 Å². The molecule has 1 aromatic heterocycles. The zero-order chi connectivity index (χ0) is 22.6. The van der Waals surface area contributed by atoms with Crippen LogP contribution >= 0.6 is 23.4 Å². The first-order chi connectivity index (χ1) is 14.7. The SMILES string of the molecule is CS/C(=C/C(=O)c1nc2cc(C)c(Cl)cc2n1COCC[Si](C)(C)C)N1CCOCC1. The number of carbonyl (C=O) groups excluding carboxylic acids is 1. The molecule has 0 radical (unpaired) electrons. The van der Waals surface area contributed by atoms with Gasteiger partial charge in [0, 0.05) is 38.9 Å². The van der Waals surface area contributed by atoms with Gasteiger partial charge in [-0.05, 0) is 36.9 Å². The third-order valence-electron chi connectivity index (χ3n) is 5.25. The number of fused-ring (bicyclic) bond motifs is 1. The largest absolute Gasteiger partial charge is 0.378 e. The number of ether oxygens (including phenoxy) is 2. The number of morpholine rings is 1. The number of hydrogen-bond donors (Lipinski definition) is 0. The summed E-state index contributed by atoms with van der Waals surface area (Å²) in [7, 11) is -1.20. The fourth-order valence-corrected chi connectivity index (χ4v) is 4.92. The molecular weight excluding hydrogens is 450 g/mol. The lowest BCUT2D eigenvalue weighted by molar-refractivity contribution is 0.0573. The molecule has 3 rings (SSSR count). The van der Waals surface area contributed by atoms with Crippen molar-refractivity contribution >= 4 is 48.3 Å². The molecule has 0 N–H and O–H groups in total. The van der Waals surface area contributed by atoms with E-state index in [1.165, 1.54) is 0 Å². The zero-order valence-corrected chi connectivity index (χ0v) is 21.6. The monoisotopic (exact) mass is 481 g/mol. The number of rotatable bonds is 9. The maximum absolute atomic E-state index is 13.3. The molecule has 0 saturated carbocycles. The topological polar surface area (TPSA) is 56.6 Å². The Hall–Kier alpha value is -1.32. The lowest BCUT2D eigenvalue weighted by Crippen LogP contribution is -2.35. The number of nitrogens with zero attached hydrogens (tertiary/aromatic N) is 3. The summed E-state index contributed by atoms with van der Waals surface area (Å²) in [4.78, 5) is 20.1. The maximum Gasteiger partial charge on any atom is 0.223 e. The van der Waals surface area contributed by atoms with Crippen LogP contribution in [0.1, 0.15) is 16.2 Å². The molecule has 9 heteroatoms. The summed E-state index contributed by atoms with van der Waals surface area (Å²) in [5, 5.41) is 1.59. The van der Waals surface area contributed by atoms with Crippen LogP contribution < -0.4 is 0 Å². The molecule has 0 atom stereocenters. The molecule has 1 aliphatic rings. The van der Waals surface area contributed by atoms with E-state index in [1.54, 1.807) is 17.8 Å². The van der Waals surface area contributed by atoms with Crippen LogP contribution in [-0.2, 0) is 16.2 Å². The molecule has 31 heavy (non-hydrogen) atoms. The van der Waals surface area contributed by atoms with E-state index in [-0.39, 0.29) is 12.5 Å². The second-order valence-corrected chi connectivity index (χ2v) is 15.8. The van der Waals surface area contributed by atoms with Crippen molar-refractivity contribution in [1.82, 2.24) is 14.5 Å². The minimum absolute atomic E-state index is 0.130. The number of hydrogen-bond acceptors (Lipinski definition) is 6. The minimum Gasteiger partial charge on any atom is -0.378 e. The summed E-state index contributed by atoms with van der Waals surface area (Å²) >= 11 is 7.95. The van der Waals surface area contributed by atoms with E-state index < -0.39 is 8.07 Å². The van der Waals surface area contributed by atoms with Gasteiger partial charge in [0.25, 0.3) is 0 Å². The number of carbonyl (C=O) groups is 1. The smallest absolute Gasteiger partial charge is 0.223 e. The van der Waals surface area contributed by atoms with Gasteiger partial charge < -0.3 is 14.4 Å². The third kappa shape index (κ3) is 6.35. The summed E-state index contributed by atoms with van der Waals surface area (Å²) in [6, 6.07) is 4.86. The van der Waals surface area contributed by atoms with Crippen LogP contribution in [0.15, 0.2) is 23.2 Å². The Morgan fingerprint density at radius 3 is 2.68 bits per heavy atom. The van der Waals surface area contributed by atoms with E-state index in [2.05, 4.69) is 29.5 Å². The Kier molecular flexibility index (Phi) is 8.26. The van der Waals surface area contributed by atoms with Crippen molar-refractivity contribution in [2.45, 2.75) is 39.3 Å². The average molecular weight is 482 g/mol. The van der Waals surface area contributed by atoms with Gasteiger partial charge in [0.05, 0.1) is 29.3 Å². The molecule has 0 amide bonds. The number of ketones is 1. The Bertz CT molecular complexity index is 965. The number of thioether (sulfide) groups is 1. The molecule has 1 saturated heterocycles. The van der Waals surface area contributed by atoms with Crippen molar-refractivity contribution in [3.63, 3.8) is 0 Å². The number of halogens is 1. The molecule has 1 aromatic carbocycles. The van der Waals surface area contributed by atoms with Gasteiger partial charge in [-0.25, -0.2) is 4.98 Å². The summed E-state index contributed by atoms with van der Waals surface area (Å²) in [5.41, 5.74) is 2.51. The molecule has 1 aliphatic heterocycles. The average Bonchev–Trinajstić information content (AvgIpc) is 3.07. The molecule has 0 aliphatic carbocycles. The lowest BCUT2D eigenvalue weighted by Gasteiger charge is -2.29. The van der Waals surface area contributed by atoms with Crippen molar-refractivity contribution in [2.24, 2.45) is 0 Å². The lowest BCUT2D eigenvalue weighted by atomic mass is 10.2. The van der Waals surface area contributed by atoms with E-state index in [0.717, 1.165) is 40.8 Å². The highest BCUT2D eigenvalue weighted by molar-refractivity contribution is 8.02. The van der Waals surface area contributed by atoms with Gasteiger partial charge in [-0.2, -0.15) is 0 Å². The van der Waals surface area contributed by atoms with Crippen LogP contribution in [0, 0.1) is 6.92 Å². The Labute approximate surface area is 194 Å². The van der Waals surface area contributed by atoms with Crippen molar-refractivity contribution in [3.8, 4) is 0 Å². The molecular formula is C22H32ClN3O3SSi. The predicted octanol–water partition coefficient (Wildman–Crippen LogP) is 5.03. The van der Waals surface area contributed by atoms with Crippen LogP contribution in [0.5, 0.6) is 0 Å². The fraction of sp³-hybridized carbons (Fsp3) is 0.545. The molecule has 6 nitrogen and oxygen atoms in total. The van der Waals surface area contributed by atoms with Gasteiger partial charge in [0.1, 0.15) is 6.73 Å². The van der Waals surface area contributed by atoms with Crippen LogP contribution in [0.3, 0.4) is 0 Å². The maximum atomic E-state index is 13.3. The quantitative estimate of drug-likeness (QED) is 0.217. The fourth-order valence-electron chi connectivity index (χ4n) is 3.34. The number of imidazole rings is 1. The second kappa shape index (κ2) is 10.5. The van der Waals surface area contributed by atoms with Crippen LogP contribution in [-0.4, -0.2) is 67.5 Å². The molecule has 2 heterocycles. The van der Waals surface area contributed by atoms with Crippen LogP contribution in [0.2, 0.25) is 30.7 Å². The zero-order valence-electron chi connectivity index (χ0n) is 19.0. The number of aromatic nitrogens is 2. The van der Waals surface area contributed by atoms with E-state index in [4.69, 9.17) is 21.1 Å². The Morgan fingerprint density at radius 2 is 2.03 bits per heavy atom. The van der Waals surface area contributed by atoms with Gasteiger partial charge in [-0.1, -0.05) is 31.2 Å². The summed E-state index contributed by atoms with van der Waals surface area (Å²) in [6.45, 7) is 12.8. The highest BCUT2D eigenvalue weighted by Crippen LogP contribution is 2.26. The first-order valence-corrected chi connectivity index (χ1v) is 15.9. The van der Waals surface area contributed by atoms with Crippen molar-refractivity contribution < 1.29 is 14.3 Å². The van der Waals surface area contributed by atoms with E-state index in [9.17, 15) is 4.79 Å². The Balaban J connectivity index is 1.91. The van der Waals surface area contributed by atoms with E-state index in [0.29, 0.717) is 30.7 Å². The van der Waals surface area contributed by atoms with Gasteiger partial charge in [-0.3, -0.25) is 9.36 Å². The van der Waals surface area contributed by atoms with Crippen LogP contribution in [0.4, 0.5) is 0 Å². The van der Waals surface area contributed by atoms with Gasteiger partial charge in [0.2, 0.25) is 5.78 Å². The number of benzene rings is 1. The number of aryl methyl sites for hydroxylation is 1.